The number of hydrogen-bond acceptors (Lipinski definition) is 2. The van der Waals surface area contributed by atoms with Crippen molar-refractivity contribution in [3.8, 4) is 0 Å². The molecule has 1 atom stereocenters. The second-order valence-corrected chi connectivity index (χ2v) is 2.63. The van der Waals surface area contributed by atoms with Crippen molar-refractivity contribution in [2.75, 3.05) is 12.4 Å². The SMILES string of the molecule is CNc1ccccc1C(C)N. The molecule has 60 valence electrons. The lowest BCUT2D eigenvalue weighted by molar-refractivity contribution is 0.820. The molecule has 0 heterocycles. The van der Waals surface area contributed by atoms with Crippen LogP contribution in [0.4, 0.5) is 5.69 Å². The smallest absolute Gasteiger partial charge is 0.0385 e. The van der Waals surface area contributed by atoms with Crippen molar-refractivity contribution in [2.24, 2.45) is 5.73 Å². The van der Waals surface area contributed by atoms with Gasteiger partial charge in [-0.15, -0.1) is 0 Å². The molecule has 0 aliphatic carbocycles. The van der Waals surface area contributed by atoms with Crippen molar-refractivity contribution in [3.63, 3.8) is 0 Å². The largest absolute Gasteiger partial charge is 0.388 e. The molecule has 2 nitrogen and oxygen atoms in total. The molecule has 0 saturated heterocycles. The summed E-state index contributed by atoms with van der Waals surface area (Å²) < 4.78 is 0. The van der Waals surface area contributed by atoms with Gasteiger partial charge in [0.1, 0.15) is 0 Å². The molecular formula is C9H14N2. The monoisotopic (exact) mass is 150 g/mol. The lowest BCUT2D eigenvalue weighted by Gasteiger charge is -2.10. The standard InChI is InChI=1S/C9H14N2/c1-7(10)8-5-3-4-6-9(8)11-2/h3-7,11H,10H2,1-2H3. The molecule has 11 heavy (non-hydrogen) atoms. The molecule has 0 aliphatic rings. The highest BCUT2D eigenvalue weighted by Gasteiger charge is 2.02. The summed E-state index contributed by atoms with van der Waals surface area (Å²) >= 11 is 0. The number of benzene rings is 1. The number of anilines is 1. The van der Waals surface area contributed by atoms with E-state index in [0.29, 0.717) is 0 Å². The third-order valence-corrected chi connectivity index (χ3v) is 1.72. The van der Waals surface area contributed by atoms with Crippen LogP contribution in [0, 0.1) is 0 Å². The zero-order valence-corrected chi connectivity index (χ0v) is 6.96. The molecule has 1 aromatic carbocycles. The van der Waals surface area contributed by atoms with Crippen LogP contribution in [0.5, 0.6) is 0 Å². The molecule has 1 aromatic rings. The highest BCUT2D eigenvalue weighted by atomic mass is 14.8. The van der Waals surface area contributed by atoms with E-state index in [2.05, 4.69) is 5.32 Å². The van der Waals surface area contributed by atoms with Crippen LogP contribution in [0.1, 0.15) is 18.5 Å². The summed E-state index contributed by atoms with van der Waals surface area (Å²) in [4.78, 5) is 0. The van der Waals surface area contributed by atoms with E-state index < -0.39 is 0 Å². The van der Waals surface area contributed by atoms with E-state index in [9.17, 15) is 0 Å². The van der Waals surface area contributed by atoms with Crippen LogP contribution < -0.4 is 11.1 Å². The number of nitrogens with two attached hydrogens (primary N) is 1. The molecule has 1 rings (SSSR count). The van der Waals surface area contributed by atoms with E-state index in [1.165, 1.54) is 0 Å². The van der Waals surface area contributed by atoms with Crippen molar-refractivity contribution in [1.82, 2.24) is 0 Å². The van der Waals surface area contributed by atoms with Gasteiger partial charge in [-0.3, -0.25) is 0 Å². The second-order valence-electron chi connectivity index (χ2n) is 2.63. The molecule has 0 spiro atoms. The number of nitrogens with one attached hydrogen (secondary N) is 1. The first-order chi connectivity index (χ1) is 5.25. The van der Waals surface area contributed by atoms with Crippen LogP contribution in [-0.4, -0.2) is 7.05 Å². The van der Waals surface area contributed by atoms with Crippen LogP contribution in [0.2, 0.25) is 0 Å². The van der Waals surface area contributed by atoms with E-state index in [-0.39, 0.29) is 6.04 Å². The summed E-state index contributed by atoms with van der Waals surface area (Å²) in [6.07, 6.45) is 0. The lowest BCUT2D eigenvalue weighted by atomic mass is 10.1. The summed E-state index contributed by atoms with van der Waals surface area (Å²) in [6, 6.07) is 8.16. The number of para-hydroxylation sites is 1. The minimum Gasteiger partial charge on any atom is -0.388 e. The van der Waals surface area contributed by atoms with Gasteiger partial charge in [-0.1, -0.05) is 18.2 Å². The van der Waals surface area contributed by atoms with Crippen LogP contribution in [0.25, 0.3) is 0 Å². The van der Waals surface area contributed by atoms with Gasteiger partial charge in [0.15, 0.2) is 0 Å². The van der Waals surface area contributed by atoms with E-state index in [4.69, 9.17) is 5.73 Å². The van der Waals surface area contributed by atoms with Gasteiger partial charge in [-0.2, -0.15) is 0 Å². The molecule has 0 aromatic heterocycles. The Kier molecular flexibility index (Phi) is 2.49. The average Bonchev–Trinajstić information content (AvgIpc) is 2.04. The Balaban J connectivity index is 3.02. The first-order valence-corrected chi connectivity index (χ1v) is 3.78. The topological polar surface area (TPSA) is 38.0 Å². The Morgan fingerprint density at radius 2 is 2.00 bits per heavy atom. The normalized spacial score (nSPS) is 12.6. The van der Waals surface area contributed by atoms with Crippen molar-refractivity contribution in [2.45, 2.75) is 13.0 Å². The predicted octanol–water partition coefficient (Wildman–Crippen LogP) is 1.75. The first-order valence-electron chi connectivity index (χ1n) is 3.78. The van der Waals surface area contributed by atoms with Gasteiger partial charge in [0.25, 0.3) is 0 Å². The Morgan fingerprint density at radius 3 is 2.45 bits per heavy atom. The van der Waals surface area contributed by atoms with Crippen molar-refractivity contribution >= 4 is 5.69 Å². The Morgan fingerprint density at radius 1 is 1.36 bits per heavy atom. The third kappa shape index (κ3) is 1.71. The van der Waals surface area contributed by atoms with E-state index in [1.807, 2.05) is 38.2 Å². The van der Waals surface area contributed by atoms with Crippen molar-refractivity contribution in [3.05, 3.63) is 29.8 Å². The molecule has 2 heteroatoms. The summed E-state index contributed by atoms with van der Waals surface area (Å²) in [6.45, 7) is 1.98. The van der Waals surface area contributed by atoms with Crippen LogP contribution in [0.3, 0.4) is 0 Å². The second kappa shape index (κ2) is 3.39. The minimum atomic E-state index is 0.0960. The van der Waals surface area contributed by atoms with Gasteiger partial charge in [-0.05, 0) is 18.6 Å². The summed E-state index contributed by atoms with van der Waals surface area (Å²) in [5.41, 5.74) is 8.03. The van der Waals surface area contributed by atoms with Gasteiger partial charge >= 0.3 is 0 Å². The minimum absolute atomic E-state index is 0.0960. The average molecular weight is 150 g/mol. The van der Waals surface area contributed by atoms with Crippen molar-refractivity contribution < 1.29 is 0 Å². The molecule has 0 aliphatic heterocycles. The molecule has 0 bridgehead atoms. The molecule has 0 amide bonds. The molecule has 1 unspecified atom stereocenters. The summed E-state index contributed by atoms with van der Waals surface area (Å²) in [5, 5.41) is 3.10. The molecule has 0 radical (unpaired) electrons. The van der Waals surface area contributed by atoms with E-state index in [0.717, 1.165) is 11.3 Å². The maximum atomic E-state index is 5.75. The third-order valence-electron chi connectivity index (χ3n) is 1.72. The molecular weight excluding hydrogens is 136 g/mol. The highest BCUT2D eigenvalue weighted by molar-refractivity contribution is 5.51. The zero-order chi connectivity index (χ0) is 8.27. The molecule has 3 N–H and O–H groups in total. The zero-order valence-electron chi connectivity index (χ0n) is 6.96. The van der Waals surface area contributed by atoms with E-state index in [1.54, 1.807) is 0 Å². The fourth-order valence-corrected chi connectivity index (χ4v) is 1.12. The maximum Gasteiger partial charge on any atom is 0.0385 e. The fraction of sp³-hybridized carbons (Fsp3) is 0.333. The lowest BCUT2D eigenvalue weighted by Crippen LogP contribution is -2.07. The Hall–Kier alpha value is -1.02. The summed E-state index contributed by atoms with van der Waals surface area (Å²) in [7, 11) is 1.90. The van der Waals surface area contributed by atoms with Crippen LogP contribution in [-0.2, 0) is 0 Å². The van der Waals surface area contributed by atoms with Crippen LogP contribution in [0.15, 0.2) is 24.3 Å². The van der Waals surface area contributed by atoms with Gasteiger partial charge < -0.3 is 11.1 Å². The van der Waals surface area contributed by atoms with Gasteiger partial charge in [0, 0.05) is 18.8 Å². The summed E-state index contributed by atoms with van der Waals surface area (Å²) in [5.74, 6) is 0. The molecule has 0 saturated carbocycles. The van der Waals surface area contributed by atoms with Crippen LogP contribution >= 0.6 is 0 Å². The number of hydrogen-bond donors (Lipinski definition) is 2. The molecule has 0 fully saturated rings. The Labute approximate surface area is 67.4 Å². The highest BCUT2D eigenvalue weighted by Crippen LogP contribution is 2.19. The quantitative estimate of drug-likeness (QED) is 0.674. The van der Waals surface area contributed by atoms with Gasteiger partial charge in [-0.25, -0.2) is 0 Å². The van der Waals surface area contributed by atoms with Gasteiger partial charge in [0.2, 0.25) is 0 Å². The fourth-order valence-electron chi connectivity index (χ4n) is 1.12. The first kappa shape index (κ1) is 8.08. The predicted molar refractivity (Wildman–Crippen MR) is 48.6 cm³/mol. The number of rotatable bonds is 2. The van der Waals surface area contributed by atoms with E-state index >= 15 is 0 Å². The Bertz CT molecular complexity index is 231. The van der Waals surface area contributed by atoms with Gasteiger partial charge in [0.05, 0.1) is 0 Å². The maximum absolute atomic E-state index is 5.75. The van der Waals surface area contributed by atoms with Crippen molar-refractivity contribution in [1.29, 1.82) is 0 Å².